The molecule has 1 aliphatic heterocycles. The third-order valence-electron chi connectivity index (χ3n) is 4.45. The molecule has 1 N–H and O–H groups in total. The van der Waals surface area contributed by atoms with E-state index < -0.39 is 5.54 Å². The lowest BCUT2D eigenvalue weighted by Crippen LogP contribution is -2.41. The van der Waals surface area contributed by atoms with E-state index in [2.05, 4.69) is 32.5 Å². The van der Waals surface area contributed by atoms with Crippen LogP contribution in [0, 0.1) is 0 Å². The average molecular weight is 344 g/mol. The Kier molecular flexibility index (Phi) is 4.76. The van der Waals surface area contributed by atoms with Gasteiger partial charge in [0.05, 0.1) is 18.7 Å². The fourth-order valence-electron chi connectivity index (χ4n) is 3.00. The molecule has 1 amide bonds. The molecule has 134 valence electrons. The zero-order chi connectivity index (χ0) is 18.0. The van der Waals surface area contributed by atoms with Gasteiger partial charge in [0.25, 0.3) is 0 Å². The molecule has 1 aliphatic rings. The molecule has 25 heavy (non-hydrogen) atoms. The third kappa shape index (κ3) is 3.82. The molecule has 3 rings (SSSR count). The number of methoxy groups -OCH3 is 1. The average Bonchev–Trinajstić information content (AvgIpc) is 3.01. The van der Waals surface area contributed by atoms with E-state index in [0.717, 1.165) is 25.3 Å². The van der Waals surface area contributed by atoms with Crippen molar-refractivity contribution in [1.82, 2.24) is 20.4 Å². The minimum absolute atomic E-state index is 0.122. The van der Waals surface area contributed by atoms with E-state index >= 15 is 0 Å². The van der Waals surface area contributed by atoms with Crippen LogP contribution in [0.3, 0.4) is 0 Å². The summed E-state index contributed by atoms with van der Waals surface area (Å²) in [7, 11) is 1.66. The van der Waals surface area contributed by atoms with Crippen molar-refractivity contribution in [3.05, 3.63) is 41.5 Å². The van der Waals surface area contributed by atoms with Crippen molar-refractivity contribution in [2.75, 3.05) is 13.7 Å². The maximum absolute atomic E-state index is 11.3. The topological polar surface area (TPSA) is 80.5 Å². The summed E-state index contributed by atoms with van der Waals surface area (Å²) in [5.74, 6) is 1.83. The van der Waals surface area contributed by atoms with E-state index in [1.54, 1.807) is 7.11 Å². The molecule has 2 heterocycles. The number of nitrogens with one attached hydrogen (secondary N) is 1. The van der Waals surface area contributed by atoms with E-state index in [9.17, 15) is 4.79 Å². The van der Waals surface area contributed by atoms with E-state index in [1.165, 1.54) is 12.5 Å². The van der Waals surface area contributed by atoms with Gasteiger partial charge in [0.1, 0.15) is 5.75 Å². The SMILES string of the molecule is COc1ccc(CN2CCC2c2nc(C(C)(C)NC(C)=O)no2)cc1. The lowest BCUT2D eigenvalue weighted by atomic mass is 10.0. The second-order valence-corrected chi connectivity index (χ2v) is 6.89. The molecule has 0 bridgehead atoms. The van der Waals surface area contributed by atoms with Crippen molar-refractivity contribution in [2.45, 2.75) is 45.3 Å². The van der Waals surface area contributed by atoms with Crippen LogP contribution in [0.2, 0.25) is 0 Å². The Morgan fingerprint density at radius 1 is 1.40 bits per heavy atom. The van der Waals surface area contributed by atoms with Crippen LogP contribution in [-0.4, -0.2) is 34.6 Å². The number of carbonyl (C=O) groups is 1. The van der Waals surface area contributed by atoms with Crippen LogP contribution in [0.4, 0.5) is 0 Å². The maximum Gasteiger partial charge on any atom is 0.244 e. The van der Waals surface area contributed by atoms with Gasteiger partial charge in [-0.25, -0.2) is 0 Å². The molecule has 1 aromatic carbocycles. The molecule has 1 saturated heterocycles. The molecule has 1 atom stereocenters. The number of hydrogen-bond donors (Lipinski definition) is 1. The van der Waals surface area contributed by atoms with Gasteiger partial charge in [-0.2, -0.15) is 4.98 Å². The highest BCUT2D eigenvalue weighted by Gasteiger charge is 2.36. The van der Waals surface area contributed by atoms with Crippen LogP contribution in [-0.2, 0) is 16.9 Å². The molecule has 0 aliphatic carbocycles. The highest BCUT2D eigenvalue weighted by Crippen LogP contribution is 2.34. The highest BCUT2D eigenvalue weighted by molar-refractivity contribution is 5.73. The number of nitrogens with zero attached hydrogens (tertiary/aromatic N) is 3. The van der Waals surface area contributed by atoms with Crippen molar-refractivity contribution in [3.8, 4) is 5.75 Å². The first kappa shape index (κ1) is 17.4. The molecule has 7 heteroatoms. The fourth-order valence-corrected chi connectivity index (χ4v) is 3.00. The van der Waals surface area contributed by atoms with Crippen LogP contribution < -0.4 is 10.1 Å². The van der Waals surface area contributed by atoms with Gasteiger partial charge in [-0.1, -0.05) is 17.3 Å². The summed E-state index contributed by atoms with van der Waals surface area (Å²) >= 11 is 0. The fraction of sp³-hybridized carbons (Fsp3) is 0.500. The molecule has 2 aromatic rings. The number of amides is 1. The Bertz CT molecular complexity index is 739. The van der Waals surface area contributed by atoms with Gasteiger partial charge in [0.2, 0.25) is 11.8 Å². The lowest BCUT2D eigenvalue weighted by Gasteiger charge is -2.38. The summed E-state index contributed by atoms with van der Waals surface area (Å²) in [6.07, 6.45) is 0.984. The van der Waals surface area contributed by atoms with E-state index in [4.69, 9.17) is 9.26 Å². The van der Waals surface area contributed by atoms with Crippen molar-refractivity contribution in [1.29, 1.82) is 0 Å². The van der Waals surface area contributed by atoms with Gasteiger partial charge < -0.3 is 14.6 Å². The van der Waals surface area contributed by atoms with Gasteiger partial charge in [0.15, 0.2) is 5.82 Å². The Labute approximate surface area is 147 Å². The lowest BCUT2D eigenvalue weighted by molar-refractivity contribution is -0.120. The zero-order valence-corrected chi connectivity index (χ0v) is 15.1. The van der Waals surface area contributed by atoms with Gasteiger partial charge in [-0.3, -0.25) is 9.69 Å². The monoisotopic (exact) mass is 344 g/mol. The molecule has 0 saturated carbocycles. The van der Waals surface area contributed by atoms with Crippen LogP contribution in [0.1, 0.15) is 50.5 Å². The molecular formula is C18H24N4O3. The molecule has 1 aromatic heterocycles. The van der Waals surface area contributed by atoms with Crippen molar-refractivity contribution < 1.29 is 14.1 Å². The molecule has 1 unspecified atom stereocenters. The zero-order valence-electron chi connectivity index (χ0n) is 15.1. The normalized spacial score (nSPS) is 17.8. The Balaban J connectivity index is 1.67. The van der Waals surface area contributed by atoms with E-state index in [1.807, 2.05) is 26.0 Å². The molecule has 1 fully saturated rings. The molecular weight excluding hydrogens is 320 g/mol. The number of likely N-dealkylation sites (tertiary alicyclic amines) is 1. The van der Waals surface area contributed by atoms with Crippen molar-refractivity contribution in [2.24, 2.45) is 0 Å². The summed E-state index contributed by atoms with van der Waals surface area (Å²) in [4.78, 5) is 18.1. The van der Waals surface area contributed by atoms with Gasteiger partial charge in [-0.15, -0.1) is 0 Å². The van der Waals surface area contributed by atoms with Gasteiger partial charge >= 0.3 is 0 Å². The summed E-state index contributed by atoms with van der Waals surface area (Å²) in [6, 6.07) is 8.17. The third-order valence-corrected chi connectivity index (χ3v) is 4.45. The Morgan fingerprint density at radius 2 is 2.12 bits per heavy atom. The first-order valence-corrected chi connectivity index (χ1v) is 8.39. The summed E-state index contributed by atoms with van der Waals surface area (Å²) in [5.41, 5.74) is 0.557. The van der Waals surface area contributed by atoms with Gasteiger partial charge in [0, 0.05) is 20.0 Å². The minimum Gasteiger partial charge on any atom is -0.497 e. The number of benzene rings is 1. The molecule has 7 nitrogen and oxygen atoms in total. The van der Waals surface area contributed by atoms with Crippen LogP contribution in [0.5, 0.6) is 5.75 Å². The number of aromatic nitrogens is 2. The number of rotatable bonds is 6. The number of hydrogen-bond acceptors (Lipinski definition) is 6. The van der Waals surface area contributed by atoms with Crippen LogP contribution in [0.25, 0.3) is 0 Å². The van der Waals surface area contributed by atoms with Crippen LogP contribution in [0.15, 0.2) is 28.8 Å². The largest absolute Gasteiger partial charge is 0.497 e. The summed E-state index contributed by atoms with van der Waals surface area (Å²) in [6.45, 7) is 7.01. The Hall–Kier alpha value is -2.41. The maximum atomic E-state index is 11.3. The Morgan fingerprint density at radius 3 is 2.68 bits per heavy atom. The van der Waals surface area contributed by atoms with E-state index in [-0.39, 0.29) is 11.9 Å². The summed E-state index contributed by atoms with van der Waals surface area (Å²) in [5, 5.41) is 6.90. The smallest absolute Gasteiger partial charge is 0.244 e. The van der Waals surface area contributed by atoms with Crippen molar-refractivity contribution >= 4 is 5.91 Å². The molecule has 0 spiro atoms. The van der Waals surface area contributed by atoms with Gasteiger partial charge in [-0.05, 0) is 38.0 Å². The number of carbonyl (C=O) groups excluding carboxylic acids is 1. The summed E-state index contributed by atoms with van der Waals surface area (Å²) < 4.78 is 10.7. The minimum atomic E-state index is -0.655. The van der Waals surface area contributed by atoms with E-state index in [0.29, 0.717) is 11.7 Å². The quantitative estimate of drug-likeness (QED) is 0.867. The first-order chi connectivity index (χ1) is 11.9. The predicted molar refractivity (Wildman–Crippen MR) is 91.9 cm³/mol. The van der Waals surface area contributed by atoms with Crippen LogP contribution >= 0.6 is 0 Å². The first-order valence-electron chi connectivity index (χ1n) is 8.39. The van der Waals surface area contributed by atoms with Crippen molar-refractivity contribution in [3.63, 3.8) is 0 Å². The second kappa shape index (κ2) is 6.84. The molecule has 0 radical (unpaired) electrons. The number of ether oxygens (including phenoxy) is 1. The highest BCUT2D eigenvalue weighted by atomic mass is 16.5. The second-order valence-electron chi connectivity index (χ2n) is 6.89. The predicted octanol–water partition coefficient (Wildman–Crippen LogP) is 2.40. The standard InChI is InChI=1S/C18H24N4O3/c1-12(23)20-18(2,3)17-19-16(25-21-17)15-9-10-22(15)11-13-5-7-14(24-4)8-6-13/h5-8,15H,9-11H2,1-4H3,(H,20,23).